The lowest BCUT2D eigenvalue weighted by molar-refractivity contribution is 0.130. The molecular weight excluding hydrogens is 299 g/mol. The molecule has 5 nitrogen and oxygen atoms in total. The van der Waals surface area contributed by atoms with Gasteiger partial charge < -0.3 is 4.74 Å². The number of methoxy groups -OCH3 is 1. The van der Waals surface area contributed by atoms with Gasteiger partial charge in [0, 0.05) is 13.0 Å². The normalized spacial score (nSPS) is 18.9. The van der Waals surface area contributed by atoms with Crippen LogP contribution in [0, 0.1) is 0 Å². The van der Waals surface area contributed by atoms with Gasteiger partial charge in [0.15, 0.2) is 10.8 Å². The van der Waals surface area contributed by atoms with E-state index in [0.717, 1.165) is 25.1 Å². The van der Waals surface area contributed by atoms with Crippen molar-refractivity contribution in [2.75, 3.05) is 7.11 Å². The van der Waals surface area contributed by atoms with Gasteiger partial charge in [0.05, 0.1) is 0 Å². The van der Waals surface area contributed by atoms with Crippen LogP contribution in [0.25, 0.3) is 11.2 Å². The molecule has 106 valence electrons. The number of hydrogen-bond acceptors (Lipinski definition) is 4. The van der Waals surface area contributed by atoms with Gasteiger partial charge >= 0.3 is 0 Å². The topological polar surface area (TPSA) is 52.8 Å². The lowest BCUT2D eigenvalue weighted by Crippen LogP contribution is -2.11. The molecule has 1 aliphatic rings. The SMILES string of the molecule is COCn1c(C2C=CCCC2)nc2c(Cl)nc(Cl)nc21. The number of nitrogens with zero attached hydrogens (tertiary/aromatic N) is 4. The van der Waals surface area contributed by atoms with Crippen molar-refractivity contribution in [3.8, 4) is 0 Å². The van der Waals surface area contributed by atoms with Crippen LogP contribution < -0.4 is 0 Å². The first kappa shape index (κ1) is 13.8. The molecule has 20 heavy (non-hydrogen) atoms. The average molecular weight is 313 g/mol. The summed E-state index contributed by atoms with van der Waals surface area (Å²) in [5, 5.41) is 0.390. The average Bonchev–Trinajstić information content (AvgIpc) is 2.80. The van der Waals surface area contributed by atoms with Crippen LogP contribution in [-0.2, 0) is 11.5 Å². The lowest BCUT2D eigenvalue weighted by Gasteiger charge is -2.17. The smallest absolute Gasteiger partial charge is 0.225 e. The van der Waals surface area contributed by atoms with Gasteiger partial charge in [-0.2, -0.15) is 4.98 Å². The zero-order chi connectivity index (χ0) is 14.1. The molecule has 7 heteroatoms. The van der Waals surface area contributed by atoms with E-state index >= 15 is 0 Å². The van der Waals surface area contributed by atoms with Crippen molar-refractivity contribution >= 4 is 34.4 Å². The Kier molecular flexibility index (Phi) is 3.92. The Balaban J connectivity index is 2.19. The molecule has 2 aromatic heterocycles. The monoisotopic (exact) mass is 312 g/mol. The fraction of sp³-hybridized carbons (Fsp3) is 0.462. The van der Waals surface area contributed by atoms with Gasteiger partial charge in [0.2, 0.25) is 5.28 Å². The Hall–Kier alpha value is -1.17. The summed E-state index contributed by atoms with van der Waals surface area (Å²) < 4.78 is 7.17. The summed E-state index contributed by atoms with van der Waals surface area (Å²) in [5.41, 5.74) is 1.19. The van der Waals surface area contributed by atoms with E-state index in [1.54, 1.807) is 7.11 Å². The summed E-state index contributed by atoms with van der Waals surface area (Å²) in [5.74, 6) is 1.15. The van der Waals surface area contributed by atoms with Crippen LogP contribution in [0.1, 0.15) is 31.0 Å². The molecule has 0 spiro atoms. The van der Waals surface area contributed by atoms with Gasteiger partial charge in [-0.25, -0.2) is 9.97 Å². The predicted molar refractivity (Wildman–Crippen MR) is 78.1 cm³/mol. The molecule has 0 N–H and O–H groups in total. The molecule has 2 aromatic rings. The van der Waals surface area contributed by atoms with Crippen LogP contribution in [0.4, 0.5) is 0 Å². The van der Waals surface area contributed by atoms with Crippen LogP contribution in [-0.4, -0.2) is 26.6 Å². The molecule has 0 fully saturated rings. The number of halogens is 2. The lowest BCUT2D eigenvalue weighted by atomic mass is 9.95. The van der Waals surface area contributed by atoms with E-state index in [-0.39, 0.29) is 16.4 Å². The molecule has 1 atom stereocenters. The van der Waals surface area contributed by atoms with E-state index in [2.05, 4.69) is 27.1 Å². The van der Waals surface area contributed by atoms with Crippen LogP contribution >= 0.6 is 23.2 Å². The van der Waals surface area contributed by atoms with Crippen molar-refractivity contribution in [1.29, 1.82) is 0 Å². The molecule has 0 bridgehead atoms. The molecule has 1 aliphatic carbocycles. The Bertz CT molecular complexity index is 668. The Morgan fingerprint density at radius 1 is 1.35 bits per heavy atom. The zero-order valence-electron chi connectivity index (χ0n) is 11.0. The maximum atomic E-state index is 6.12. The number of fused-ring (bicyclic) bond motifs is 1. The Morgan fingerprint density at radius 2 is 2.20 bits per heavy atom. The molecule has 0 aromatic carbocycles. The van der Waals surface area contributed by atoms with Gasteiger partial charge in [-0.1, -0.05) is 23.8 Å². The minimum atomic E-state index is 0.116. The number of hydrogen-bond donors (Lipinski definition) is 0. The van der Waals surface area contributed by atoms with E-state index in [0.29, 0.717) is 17.9 Å². The summed E-state index contributed by atoms with van der Waals surface area (Å²) in [7, 11) is 1.64. The van der Waals surface area contributed by atoms with Crippen LogP contribution in [0.2, 0.25) is 10.4 Å². The van der Waals surface area contributed by atoms with E-state index in [1.807, 2.05) is 4.57 Å². The highest BCUT2D eigenvalue weighted by atomic mass is 35.5. The predicted octanol–water partition coefficient (Wildman–Crippen LogP) is 3.56. The number of allylic oxidation sites excluding steroid dienone is 2. The van der Waals surface area contributed by atoms with Crippen molar-refractivity contribution in [3.63, 3.8) is 0 Å². The van der Waals surface area contributed by atoms with E-state index < -0.39 is 0 Å². The molecule has 0 amide bonds. The largest absolute Gasteiger partial charge is 0.364 e. The summed E-state index contributed by atoms with van der Waals surface area (Å²) in [6, 6.07) is 0. The highest BCUT2D eigenvalue weighted by Crippen LogP contribution is 2.31. The highest BCUT2D eigenvalue weighted by molar-refractivity contribution is 6.35. The minimum Gasteiger partial charge on any atom is -0.364 e. The number of imidazole rings is 1. The number of rotatable bonds is 3. The molecule has 1 unspecified atom stereocenters. The fourth-order valence-electron chi connectivity index (χ4n) is 2.53. The van der Waals surface area contributed by atoms with Crippen molar-refractivity contribution in [3.05, 3.63) is 28.4 Å². The van der Waals surface area contributed by atoms with Crippen LogP contribution in [0.3, 0.4) is 0 Å². The van der Waals surface area contributed by atoms with Gasteiger partial charge in [-0.3, -0.25) is 4.57 Å². The molecule has 2 heterocycles. The molecule has 0 saturated carbocycles. The molecule has 0 saturated heterocycles. The zero-order valence-corrected chi connectivity index (χ0v) is 12.5. The maximum absolute atomic E-state index is 6.12. The number of ether oxygens (including phenoxy) is 1. The molecular formula is C13H14Cl2N4O. The number of aromatic nitrogens is 4. The Labute approximate surface area is 126 Å². The summed E-state index contributed by atoms with van der Waals surface area (Å²) >= 11 is 12.0. The highest BCUT2D eigenvalue weighted by Gasteiger charge is 2.22. The standard InChI is InChI=1S/C13H14Cl2N4O/c1-20-7-19-11(8-5-3-2-4-6-8)16-9-10(14)17-13(15)18-12(9)19/h3,5,8H,2,4,6-7H2,1H3. The van der Waals surface area contributed by atoms with Crippen molar-refractivity contribution in [2.24, 2.45) is 0 Å². The second-order valence-corrected chi connectivity index (χ2v) is 5.43. The third-order valence-electron chi connectivity index (χ3n) is 3.40. The first-order valence-corrected chi connectivity index (χ1v) is 7.21. The maximum Gasteiger partial charge on any atom is 0.225 e. The third-order valence-corrected chi connectivity index (χ3v) is 3.83. The second-order valence-electron chi connectivity index (χ2n) is 4.74. The summed E-state index contributed by atoms with van der Waals surface area (Å²) in [4.78, 5) is 12.8. The quantitative estimate of drug-likeness (QED) is 0.494. The van der Waals surface area contributed by atoms with Gasteiger partial charge in [-0.05, 0) is 30.9 Å². The van der Waals surface area contributed by atoms with Crippen molar-refractivity contribution in [2.45, 2.75) is 31.9 Å². The molecule has 3 rings (SSSR count). The minimum absolute atomic E-state index is 0.116. The first-order valence-electron chi connectivity index (χ1n) is 6.45. The van der Waals surface area contributed by atoms with Crippen molar-refractivity contribution in [1.82, 2.24) is 19.5 Å². The van der Waals surface area contributed by atoms with Crippen LogP contribution in [0.15, 0.2) is 12.2 Å². The first-order chi connectivity index (χ1) is 9.70. The summed E-state index contributed by atoms with van der Waals surface area (Å²) in [6.45, 7) is 0.361. The molecule has 0 aliphatic heterocycles. The van der Waals surface area contributed by atoms with Gasteiger partial charge in [0.25, 0.3) is 0 Å². The third kappa shape index (κ3) is 2.41. The molecule has 0 radical (unpaired) electrons. The van der Waals surface area contributed by atoms with Gasteiger partial charge in [-0.15, -0.1) is 0 Å². The Morgan fingerprint density at radius 3 is 2.90 bits per heavy atom. The summed E-state index contributed by atoms with van der Waals surface area (Å²) in [6.07, 6.45) is 7.69. The fourth-order valence-corrected chi connectivity index (χ4v) is 2.94. The van der Waals surface area contributed by atoms with Crippen LogP contribution in [0.5, 0.6) is 0 Å². The van der Waals surface area contributed by atoms with E-state index in [4.69, 9.17) is 27.9 Å². The second kappa shape index (κ2) is 5.68. The van der Waals surface area contributed by atoms with E-state index in [1.165, 1.54) is 0 Å². The van der Waals surface area contributed by atoms with Crippen molar-refractivity contribution < 1.29 is 4.74 Å². The van der Waals surface area contributed by atoms with Gasteiger partial charge in [0.1, 0.15) is 18.1 Å². The van der Waals surface area contributed by atoms with E-state index in [9.17, 15) is 0 Å².